The molecule has 1 atom stereocenters. The van der Waals surface area contributed by atoms with Gasteiger partial charge in [-0.2, -0.15) is 0 Å². The first-order valence-electron chi connectivity index (χ1n) is 8.29. The normalized spacial score (nSPS) is 17.4. The minimum Gasteiger partial charge on any atom is -0.339 e. The molecule has 24 heavy (non-hydrogen) atoms. The highest BCUT2D eigenvalue weighted by Crippen LogP contribution is 2.20. The highest BCUT2D eigenvalue weighted by Gasteiger charge is 2.32. The Morgan fingerprint density at radius 3 is 2.38 bits per heavy atom. The van der Waals surface area contributed by atoms with Gasteiger partial charge in [-0.3, -0.25) is 9.59 Å². The van der Waals surface area contributed by atoms with Crippen molar-refractivity contribution >= 4 is 23.4 Å². The highest BCUT2D eigenvalue weighted by atomic mass is 35.5. The first-order chi connectivity index (χ1) is 11.2. The van der Waals surface area contributed by atoms with Gasteiger partial charge in [-0.05, 0) is 30.0 Å². The molecular weight excluding hydrogens is 326 g/mol. The molecule has 1 aromatic carbocycles. The van der Waals surface area contributed by atoms with E-state index < -0.39 is 6.04 Å². The highest BCUT2D eigenvalue weighted by molar-refractivity contribution is 6.30. The fourth-order valence-corrected chi connectivity index (χ4v) is 2.90. The second-order valence-electron chi connectivity index (χ2n) is 7.33. The van der Waals surface area contributed by atoms with Crippen LogP contribution in [0, 0.1) is 5.41 Å². The zero-order valence-electron chi connectivity index (χ0n) is 14.6. The Kier molecular flexibility index (Phi) is 5.88. The van der Waals surface area contributed by atoms with E-state index in [1.165, 1.54) is 0 Å². The van der Waals surface area contributed by atoms with Crippen molar-refractivity contribution in [3.05, 3.63) is 34.9 Å². The fraction of sp³-hybridized carbons (Fsp3) is 0.556. The first-order valence-corrected chi connectivity index (χ1v) is 8.67. The van der Waals surface area contributed by atoms with E-state index in [-0.39, 0.29) is 17.2 Å². The van der Waals surface area contributed by atoms with E-state index in [0.717, 1.165) is 6.42 Å². The van der Waals surface area contributed by atoms with Crippen LogP contribution in [-0.2, 0) is 4.79 Å². The number of hydrogen-bond donors (Lipinski definition) is 1. The molecule has 1 heterocycles. The van der Waals surface area contributed by atoms with Gasteiger partial charge in [0.05, 0.1) is 6.04 Å². The molecule has 1 aromatic rings. The molecule has 0 aromatic heterocycles. The average Bonchev–Trinajstić information content (AvgIpc) is 2.78. The number of nitrogens with zero attached hydrogens (tertiary/aromatic N) is 2. The number of rotatable bonds is 2. The summed E-state index contributed by atoms with van der Waals surface area (Å²) in [6.07, 6.45) is 0.745. The molecule has 0 spiro atoms. The molecule has 1 fully saturated rings. The fourth-order valence-electron chi connectivity index (χ4n) is 2.71. The van der Waals surface area contributed by atoms with Crippen molar-refractivity contribution in [1.82, 2.24) is 9.80 Å². The quantitative estimate of drug-likeness (QED) is 0.889. The number of benzene rings is 1. The van der Waals surface area contributed by atoms with Crippen LogP contribution in [0.2, 0.25) is 5.02 Å². The van der Waals surface area contributed by atoms with Gasteiger partial charge >= 0.3 is 0 Å². The molecule has 132 valence electrons. The summed E-state index contributed by atoms with van der Waals surface area (Å²) in [6.45, 7) is 8.15. The minimum absolute atomic E-state index is 0.0421. The summed E-state index contributed by atoms with van der Waals surface area (Å²) in [4.78, 5) is 28.7. The lowest BCUT2D eigenvalue weighted by Crippen LogP contribution is -2.51. The molecule has 0 aliphatic carbocycles. The van der Waals surface area contributed by atoms with E-state index in [1.807, 2.05) is 20.8 Å². The topological polar surface area (TPSA) is 66.6 Å². The molecule has 2 N–H and O–H groups in total. The first kappa shape index (κ1) is 18.7. The predicted molar refractivity (Wildman–Crippen MR) is 96.0 cm³/mol. The van der Waals surface area contributed by atoms with E-state index in [0.29, 0.717) is 36.8 Å². The Morgan fingerprint density at radius 2 is 1.75 bits per heavy atom. The number of carbonyl (C=O) groups excluding carboxylic acids is 2. The molecule has 0 unspecified atom stereocenters. The van der Waals surface area contributed by atoms with Gasteiger partial charge < -0.3 is 15.5 Å². The van der Waals surface area contributed by atoms with E-state index in [2.05, 4.69) is 0 Å². The second-order valence-corrected chi connectivity index (χ2v) is 7.76. The SMILES string of the molecule is CC(C)(C)[C@H](N)C(=O)N1CCCN(C(=O)c2cccc(Cl)c2)CC1. The van der Waals surface area contributed by atoms with Crippen LogP contribution in [0.5, 0.6) is 0 Å². The Bertz CT molecular complexity index is 613. The Balaban J connectivity index is 2.02. The standard InChI is InChI=1S/C18H26ClN3O2/c1-18(2,3)15(20)17(24)22-9-5-8-21(10-11-22)16(23)13-6-4-7-14(19)12-13/h4,6-7,12,15H,5,8-11,20H2,1-3H3/t15-/m1/s1. The summed E-state index contributed by atoms with van der Waals surface area (Å²) >= 11 is 5.96. The summed E-state index contributed by atoms with van der Waals surface area (Å²) < 4.78 is 0. The molecule has 1 aliphatic rings. The number of carbonyl (C=O) groups is 2. The monoisotopic (exact) mass is 351 g/mol. The van der Waals surface area contributed by atoms with Crippen LogP contribution in [0.1, 0.15) is 37.6 Å². The maximum Gasteiger partial charge on any atom is 0.253 e. The van der Waals surface area contributed by atoms with Crippen LogP contribution < -0.4 is 5.73 Å². The predicted octanol–water partition coefficient (Wildman–Crippen LogP) is 2.39. The molecule has 0 saturated carbocycles. The molecule has 6 heteroatoms. The van der Waals surface area contributed by atoms with Crippen molar-refractivity contribution in [1.29, 1.82) is 0 Å². The van der Waals surface area contributed by atoms with Gasteiger partial charge in [0.15, 0.2) is 0 Å². The number of amides is 2. The van der Waals surface area contributed by atoms with Crippen molar-refractivity contribution in [3.63, 3.8) is 0 Å². The second kappa shape index (κ2) is 7.53. The third kappa shape index (κ3) is 4.48. The molecule has 5 nitrogen and oxygen atoms in total. The molecule has 1 saturated heterocycles. The minimum atomic E-state index is -0.535. The van der Waals surface area contributed by atoms with Gasteiger partial charge in [-0.1, -0.05) is 38.4 Å². The van der Waals surface area contributed by atoms with Crippen LogP contribution in [0.3, 0.4) is 0 Å². The molecule has 2 rings (SSSR count). The largest absolute Gasteiger partial charge is 0.339 e. The van der Waals surface area contributed by atoms with Crippen molar-refractivity contribution in [3.8, 4) is 0 Å². The zero-order valence-corrected chi connectivity index (χ0v) is 15.3. The molecule has 1 aliphatic heterocycles. The van der Waals surface area contributed by atoms with Crippen molar-refractivity contribution in [2.75, 3.05) is 26.2 Å². The van der Waals surface area contributed by atoms with Crippen LogP contribution in [-0.4, -0.2) is 53.8 Å². The lowest BCUT2D eigenvalue weighted by atomic mass is 9.86. The summed E-state index contributed by atoms with van der Waals surface area (Å²) in [6, 6.07) is 6.42. The maximum absolute atomic E-state index is 12.6. The van der Waals surface area contributed by atoms with Gasteiger partial charge in [-0.15, -0.1) is 0 Å². The third-order valence-corrected chi connectivity index (χ3v) is 4.60. The van der Waals surface area contributed by atoms with Gasteiger partial charge in [0.1, 0.15) is 0 Å². The third-order valence-electron chi connectivity index (χ3n) is 4.37. The Morgan fingerprint density at radius 1 is 1.12 bits per heavy atom. The van der Waals surface area contributed by atoms with Crippen LogP contribution in [0.25, 0.3) is 0 Å². The van der Waals surface area contributed by atoms with Gasteiger partial charge in [0.25, 0.3) is 5.91 Å². The Hall–Kier alpha value is -1.59. The number of nitrogens with two attached hydrogens (primary N) is 1. The van der Waals surface area contributed by atoms with Crippen molar-refractivity contribution in [2.45, 2.75) is 33.2 Å². The molecular formula is C18H26ClN3O2. The maximum atomic E-state index is 12.6. The Labute approximate surface area is 148 Å². The zero-order chi connectivity index (χ0) is 17.9. The molecule has 0 bridgehead atoms. The van der Waals surface area contributed by atoms with Crippen molar-refractivity contribution in [2.24, 2.45) is 11.1 Å². The van der Waals surface area contributed by atoms with Gasteiger partial charge in [-0.25, -0.2) is 0 Å². The summed E-state index contributed by atoms with van der Waals surface area (Å²) in [5, 5.41) is 0.545. The van der Waals surface area contributed by atoms with E-state index in [9.17, 15) is 9.59 Å². The van der Waals surface area contributed by atoms with E-state index in [1.54, 1.807) is 34.1 Å². The summed E-state index contributed by atoms with van der Waals surface area (Å²) in [5.41, 5.74) is 6.39. The average molecular weight is 352 g/mol. The van der Waals surface area contributed by atoms with Crippen molar-refractivity contribution < 1.29 is 9.59 Å². The van der Waals surface area contributed by atoms with Gasteiger partial charge in [0, 0.05) is 36.8 Å². The van der Waals surface area contributed by atoms with Crippen LogP contribution in [0.4, 0.5) is 0 Å². The van der Waals surface area contributed by atoms with Gasteiger partial charge in [0.2, 0.25) is 5.91 Å². The molecule has 2 amide bonds. The van der Waals surface area contributed by atoms with Crippen LogP contribution in [0.15, 0.2) is 24.3 Å². The summed E-state index contributed by atoms with van der Waals surface area (Å²) in [5.74, 6) is -0.0912. The smallest absolute Gasteiger partial charge is 0.253 e. The van der Waals surface area contributed by atoms with E-state index >= 15 is 0 Å². The number of hydrogen-bond acceptors (Lipinski definition) is 3. The lowest BCUT2D eigenvalue weighted by Gasteiger charge is -2.31. The van der Waals surface area contributed by atoms with E-state index in [4.69, 9.17) is 17.3 Å². The number of halogens is 1. The lowest BCUT2D eigenvalue weighted by molar-refractivity contribution is -0.134. The molecule has 0 radical (unpaired) electrons. The summed E-state index contributed by atoms with van der Waals surface area (Å²) in [7, 11) is 0. The van der Waals surface area contributed by atoms with Crippen LogP contribution >= 0.6 is 11.6 Å².